The predicted molar refractivity (Wildman–Crippen MR) is 257 cm³/mol. The van der Waals surface area contributed by atoms with Crippen molar-refractivity contribution in [3.8, 4) is 0 Å². The normalized spacial score (nSPS) is 53.5. The molecule has 0 aromatic carbocycles. The molecule has 4 saturated heterocycles. The minimum absolute atomic E-state index is 0.0775. The Kier molecular flexibility index (Phi) is 16.3. The van der Waals surface area contributed by atoms with Crippen LogP contribution in [-0.4, -0.2) is 222 Å². The molecule has 27 atom stereocenters. The molecule has 75 heavy (non-hydrogen) atoms. The van der Waals surface area contributed by atoms with Gasteiger partial charge in [0.15, 0.2) is 18.9 Å². The summed E-state index contributed by atoms with van der Waals surface area (Å²) >= 11 is 0. The zero-order valence-corrected chi connectivity index (χ0v) is 44.2. The summed E-state index contributed by atoms with van der Waals surface area (Å²) in [6.07, 6.45) is -22.0. The molecule has 0 spiro atoms. The summed E-state index contributed by atoms with van der Waals surface area (Å²) in [7, 11) is 0. The third-order valence-corrected chi connectivity index (χ3v) is 21.0. The van der Waals surface area contributed by atoms with Gasteiger partial charge in [-0.05, 0) is 109 Å². The van der Waals surface area contributed by atoms with Crippen molar-refractivity contribution in [1.29, 1.82) is 0 Å². The maximum atomic E-state index is 14.8. The van der Waals surface area contributed by atoms with Crippen molar-refractivity contribution in [3.63, 3.8) is 0 Å². The molecule has 8 fully saturated rings. The SMILES string of the molecule is CC1(C)CC[C@]2(C(=O)O[C@@H]3O[C@H](CO)[C@@H](O)[C@H](O)[C@H]3O)CC[C@]3(C)C(=CC[C@@H]4[C@@]5(C)CC[C@H](O[C@@H]6O[C@H](CO)[C@H](O)[C@H](O[C@@H]7O[C@H](CO)[C@@H](O)[C@H](O)[C@H]7O)[C@H]6O[C@@H]6OC[C@@H](O)[C@H](O)[C@H]6O)C(C)(C)[C@@H]5CC[C@]43C)[C@@H]2C1. The Labute approximate surface area is 437 Å². The highest BCUT2D eigenvalue weighted by Gasteiger charge is 2.70. The van der Waals surface area contributed by atoms with E-state index in [0.29, 0.717) is 25.7 Å². The molecule has 9 aliphatic rings. The van der Waals surface area contributed by atoms with E-state index in [-0.39, 0.29) is 39.4 Å². The largest absolute Gasteiger partial charge is 0.432 e. The topological polar surface area (TPSA) is 354 Å². The second kappa shape index (κ2) is 21.1. The lowest BCUT2D eigenvalue weighted by Crippen LogP contribution is -2.68. The zero-order chi connectivity index (χ0) is 54.7. The lowest BCUT2D eigenvalue weighted by molar-refractivity contribution is -0.395. The molecule has 0 aromatic rings. The van der Waals surface area contributed by atoms with Gasteiger partial charge in [-0.15, -0.1) is 0 Å². The summed E-state index contributed by atoms with van der Waals surface area (Å²) in [5, 5.41) is 138. The Bertz CT molecular complexity index is 2060. The van der Waals surface area contributed by atoms with Crippen molar-refractivity contribution in [1.82, 2.24) is 0 Å². The van der Waals surface area contributed by atoms with Crippen LogP contribution in [0.25, 0.3) is 0 Å². The first-order chi connectivity index (χ1) is 35.1. The molecule has 4 heterocycles. The average molecular weight is 1080 g/mol. The van der Waals surface area contributed by atoms with Crippen LogP contribution in [0, 0.1) is 50.2 Å². The minimum Gasteiger partial charge on any atom is -0.432 e. The fraction of sp³-hybridized carbons (Fsp3) is 0.943. The van der Waals surface area contributed by atoms with Gasteiger partial charge < -0.3 is 104 Å². The molecule has 22 heteroatoms. The molecular formula is C53H86O22. The van der Waals surface area contributed by atoms with Crippen LogP contribution in [-0.2, 0) is 42.7 Å². The molecule has 0 bridgehead atoms. The second-order valence-corrected chi connectivity index (χ2v) is 25.8. The average Bonchev–Trinajstić information content (AvgIpc) is 3.38. The number of carbonyl (C=O) groups excluding carboxylic acids is 1. The number of aliphatic hydroxyl groups excluding tert-OH is 13. The van der Waals surface area contributed by atoms with Gasteiger partial charge in [0, 0.05) is 0 Å². The van der Waals surface area contributed by atoms with Crippen LogP contribution >= 0.6 is 0 Å². The van der Waals surface area contributed by atoms with Crippen molar-refractivity contribution in [2.45, 2.75) is 235 Å². The van der Waals surface area contributed by atoms with E-state index >= 15 is 0 Å². The number of allylic oxidation sites excluding steroid dienone is 2. The third-order valence-electron chi connectivity index (χ3n) is 21.0. The Morgan fingerprint density at radius 3 is 1.77 bits per heavy atom. The first kappa shape index (κ1) is 58.1. The van der Waals surface area contributed by atoms with E-state index in [9.17, 15) is 71.2 Å². The molecule has 9 rings (SSSR count). The third kappa shape index (κ3) is 9.50. The quantitative estimate of drug-likeness (QED) is 0.0643. The molecule has 13 N–H and O–H groups in total. The van der Waals surface area contributed by atoms with E-state index in [0.717, 1.165) is 38.5 Å². The van der Waals surface area contributed by atoms with Crippen LogP contribution in [0.5, 0.6) is 0 Å². The molecule has 4 aliphatic heterocycles. The molecule has 0 amide bonds. The van der Waals surface area contributed by atoms with Crippen LogP contribution in [0.2, 0.25) is 0 Å². The number of hydrogen-bond donors (Lipinski definition) is 13. The molecule has 430 valence electrons. The first-order valence-electron chi connectivity index (χ1n) is 27.2. The van der Waals surface area contributed by atoms with Gasteiger partial charge in [0.05, 0.1) is 37.9 Å². The van der Waals surface area contributed by atoms with Crippen LogP contribution in [0.3, 0.4) is 0 Å². The van der Waals surface area contributed by atoms with Crippen molar-refractivity contribution >= 4 is 5.97 Å². The van der Waals surface area contributed by atoms with E-state index in [1.165, 1.54) is 5.57 Å². The fourth-order valence-electron chi connectivity index (χ4n) is 16.2. The Morgan fingerprint density at radius 1 is 0.573 bits per heavy atom. The molecule has 0 aromatic heterocycles. The summed E-state index contributed by atoms with van der Waals surface area (Å²) in [6.45, 7) is 13.3. The number of fused-ring (bicyclic) bond motifs is 7. The highest BCUT2D eigenvalue weighted by molar-refractivity contribution is 5.79. The monoisotopic (exact) mass is 1070 g/mol. The van der Waals surface area contributed by atoms with Gasteiger partial charge in [-0.3, -0.25) is 4.79 Å². The van der Waals surface area contributed by atoms with Crippen molar-refractivity contribution < 1.29 is 109 Å². The standard InChI is InChI=1S/C53H86O22/c1-48(2)14-16-53(47(67)75-45-40(66)37(63)34(60)27(20-55)70-45)17-15-51(6)23(24(53)18-48)8-9-30-50(5)12-11-31(49(3,4)29(50)10-13-52(30,51)7)72-46-42(74-43-38(64)32(58)25(57)22-68-43)41(35(61)28(21-56)71-46)73-44-39(65)36(62)33(59)26(19-54)69-44/h8,24-46,54-66H,9-22H2,1-7H3/t24-,25+,26+,27+,28+,29-,30+,31-,32-,33+,34+,35-,36-,37-,38+,39+,40+,41-,42+,43-,44-,45-,46-,50-,51+,52+,53-/m0/s1. The van der Waals surface area contributed by atoms with Gasteiger partial charge in [-0.2, -0.15) is 0 Å². The van der Waals surface area contributed by atoms with Crippen LogP contribution in [0.4, 0.5) is 0 Å². The van der Waals surface area contributed by atoms with Gasteiger partial charge >= 0.3 is 5.97 Å². The molecule has 22 nitrogen and oxygen atoms in total. The van der Waals surface area contributed by atoms with Crippen LogP contribution in [0.15, 0.2) is 11.6 Å². The number of carbonyl (C=O) groups is 1. The summed E-state index contributed by atoms with van der Waals surface area (Å²) in [4.78, 5) is 14.8. The van der Waals surface area contributed by atoms with Crippen LogP contribution in [0.1, 0.15) is 113 Å². The molecule has 0 radical (unpaired) electrons. The lowest BCUT2D eigenvalue weighted by atomic mass is 9.33. The second-order valence-electron chi connectivity index (χ2n) is 25.8. The van der Waals surface area contributed by atoms with E-state index in [2.05, 4.69) is 54.5 Å². The summed E-state index contributed by atoms with van der Waals surface area (Å²) in [5.74, 6) is -0.427. The lowest BCUT2D eigenvalue weighted by Gasteiger charge is -2.71. The molecule has 4 saturated carbocycles. The zero-order valence-electron chi connectivity index (χ0n) is 44.2. The number of aliphatic hydroxyl groups is 13. The minimum atomic E-state index is -1.90. The van der Waals surface area contributed by atoms with Crippen molar-refractivity contribution in [2.24, 2.45) is 50.2 Å². The summed E-state index contributed by atoms with van der Waals surface area (Å²) in [6, 6.07) is 0. The fourth-order valence-corrected chi connectivity index (χ4v) is 16.2. The van der Waals surface area contributed by atoms with E-state index in [4.69, 9.17) is 37.9 Å². The molecule has 0 unspecified atom stereocenters. The highest BCUT2D eigenvalue weighted by Crippen LogP contribution is 2.76. The van der Waals surface area contributed by atoms with Gasteiger partial charge in [-0.1, -0.05) is 60.1 Å². The Hall–Kier alpha value is -1.59. The summed E-state index contributed by atoms with van der Waals surface area (Å²) in [5.41, 5.74) is -1.13. The van der Waals surface area contributed by atoms with Crippen molar-refractivity contribution in [3.05, 3.63) is 11.6 Å². The number of hydrogen-bond acceptors (Lipinski definition) is 22. The maximum absolute atomic E-state index is 14.8. The Morgan fingerprint density at radius 2 is 1.13 bits per heavy atom. The van der Waals surface area contributed by atoms with E-state index in [1.54, 1.807) is 0 Å². The Balaban J connectivity index is 0.987. The van der Waals surface area contributed by atoms with Gasteiger partial charge in [0.25, 0.3) is 0 Å². The maximum Gasteiger partial charge on any atom is 0.315 e. The van der Waals surface area contributed by atoms with Gasteiger partial charge in [0.1, 0.15) is 91.6 Å². The molecular weight excluding hydrogens is 989 g/mol. The van der Waals surface area contributed by atoms with E-state index < -0.39 is 166 Å². The molecule has 5 aliphatic carbocycles. The predicted octanol–water partition coefficient (Wildman–Crippen LogP) is -1.40. The highest BCUT2D eigenvalue weighted by atomic mass is 16.8. The van der Waals surface area contributed by atoms with Crippen molar-refractivity contribution in [2.75, 3.05) is 26.4 Å². The summed E-state index contributed by atoms with van der Waals surface area (Å²) < 4.78 is 48.8. The van der Waals surface area contributed by atoms with Crippen LogP contribution < -0.4 is 0 Å². The first-order valence-corrected chi connectivity index (χ1v) is 27.2. The number of esters is 1. The van der Waals surface area contributed by atoms with Gasteiger partial charge in [0.2, 0.25) is 6.29 Å². The number of rotatable bonds is 11. The number of ether oxygens (including phenoxy) is 8. The smallest absolute Gasteiger partial charge is 0.315 e. The van der Waals surface area contributed by atoms with E-state index in [1.807, 2.05) is 0 Å². The van der Waals surface area contributed by atoms with Gasteiger partial charge in [-0.25, -0.2) is 0 Å².